The molecule has 0 bridgehead atoms. The first kappa shape index (κ1) is 34.5. The number of piperazine rings is 1. The number of hydrogen-bond donors (Lipinski definition) is 2. The van der Waals surface area contributed by atoms with Crippen LogP contribution in [-0.2, 0) is 19.1 Å². The number of hydrogen-bond acceptors (Lipinski definition) is 7. The molecule has 2 amide bonds. The molecule has 4 heterocycles. The molecule has 2 N–H and O–H groups in total. The molecular formula is C40H65N5O4. The molecule has 0 aromatic heterocycles. The Morgan fingerprint density at radius 2 is 1.63 bits per heavy atom. The van der Waals surface area contributed by atoms with Gasteiger partial charge in [0.15, 0.2) is 0 Å². The van der Waals surface area contributed by atoms with E-state index < -0.39 is 0 Å². The van der Waals surface area contributed by atoms with Gasteiger partial charge in [0.25, 0.3) is 0 Å². The van der Waals surface area contributed by atoms with E-state index in [9.17, 15) is 14.4 Å². The smallest absolute Gasteiger partial charge is 0.232 e. The topological polar surface area (TPSA) is 94.2 Å². The van der Waals surface area contributed by atoms with Crippen molar-refractivity contribution >= 4 is 17.6 Å². The van der Waals surface area contributed by atoms with Crippen molar-refractivity contribution in [1.29, 1.82) is 0 Å². The fraction of sp³-hybridized carbons (Fsp3) is 0.925. The molecule has 0 aromatic carbocycles. The molecule has 4 saturated carbocycles. The van der Waals surface area contributed by atoms with E-state index in [4.69, 9.17) is 4.74 Å². The number of ketones is 1. The second kappa shape index (κ2) is 13.1. The number of likely N-dealkylation sites (tertiary alicyclic amines) is 1. The van der Waals surface area contributed by atoms with Crippen LogP contribution < -0.4 is 10.6 Å². The van der Waals surface area contributed by atoms with E-state index in [2.05, 4.69) is 48.1 Å². The van der Waals surface area contributed by atoms with Crippen LogP contribution in [0.1, 0.15) is 105 Å². The molecule has 8 fully saturated rings. The summed E-state index contributed by atoms with van der Waals surface area (Å²) >= 11 is 0. The SMILES string of the molecule is C[C@H]1CC[C@@]2(NC1)O[C@H]1C[C@H]3[C@@H]4CC[C@@H]5CC(NC(=O)CC(=O)N6CCN(CCN7CCCC7)CC6)CC[C@]5(C)[C@H]4CC(=O)[C@]3(C)[C@H]1[C@@H]2C. The zero-order valence-electron chi connectivity index (χ0n) is 31.0. The molecule has 1 spiro atoms. The largest absolute Gasteiger partial charge is 0.357 e. The fourth-order valence-corrected chi connectivity index (χ4v) is 13.3. The third-order valence-corrected chi connectivity index (χ3v) is 16.3. The van der Waals surface area contributed by atoms with Crippen molar-refractivity contribution in [2.45, 2.75) is 123 Å². The Morgan fingerprint density at radius 1 is 0.898 bits per heavy atom. The lowest BCUT2D eigenvalue weighted by Gasteiger charge is -2.60. The molecule has 12 atom stereocenters. The lowest BCUT2D eigenvalue weighted by atomic mass is 9.44. The number of ether oxygens (including phenoxy) is 1. The van der Waals surface area contributed by atoms with E-state index >= 15 is 0 Å². The molecule has 1 unspecified atom stereocenters. The average molecular weight is 680 g/mol. The first-order chi connectivity index (χ1) is 23.5. The van der Waals surface area contributed by atoms with Crippen molar-refractivity contribution in [3.8, 4) is 0 Å². The van der Waals surface area contributed by atoms with E-state index in [0.717, 1.165) is 84.3 Å². The van der Waals surface area contributed by atoms with Gasteiger partial charge in [-0.15, -0.1) is 0 Å². The molecule has 4 saturated heterocycles. The van der Waals surface area contributed by atoms with Crippen LogP contribution in [0.2, 0.25) is 0 Å². The Kier molecular flexibility index (Phi) is 9.26. The van der Waals surface area contributed by atoms with Gasteiger partial charge in [-0.2, -0.15) is 0 Å². The van der Waals surface area contributed by atoms with E-state index in [1.54, 1.807) is 0 Å². The van der Waals surface area contributed by atoms with Gasteiger partial charge in [-0.1, -0.05) is 27.7 Å². The molecule has 0 aromatic rings. The number of piperidine rings is 1. The molecule has 0 radical (unpaired) electrons. The van der Waals surface area contributed by atoms with Crippen LogP contribution in [0.5, 0.6) is 0 Å². The van der Waals surface area contributed by atoms with E-state index in [-0.39, 0.29) is 46.9 Å². The minimum atomic E-state index is -0.277. The van der Waals surface area contributed by atoms with Gasteiger partial charge in [-0.3, -0.25) is 24.6 Å². The predicted octanol–water partition coefficient (Wildman–Crippen LogP) is 4.30. The van der Waals surface area contributed by atoms with E-state index in [1.807, 2.05) is 4.90 Å². The Labute approximate surface area is 295 Å². The van der Waals surface area contributed by atoms with Crippen LogP contribution >= 0.6 is 0 Å². The van der Waals surface area contributed by atoms with Gasteiger partial charge in [-0.05, 0) is 112 Å². The molecule has 9 heteroatoms. The van der Waals surface area contributed by atoms with Crippen LogP contribution in [-0.4, -0.2) is 109 Å². The number of amides is 2. The molecule has 8 rings (SSSR count). The van der Waals surface area contributed by atoms with Crippen molar-refractivity contribution in [2.24, 2.45) is 52.3 Å². The van der Waals surface area contributed by atoms with E-state index in [1.165, 1.54) is 45.2 Å². The Balaban J connectivity index is 0.838. The van der Waals surface area contributed by atoms with Crippen LogP contribution in [0.15, 0.2) is 0 Å². The van der Waals surface area contributed by atoms with Crippen LogP contribution in [0, 0.1) is 52.3 Å². The number of carbonyl (C=O) groups is 3. The summed E-state index contributed by atoms with van der Waals surface area (Å²) in [4.78, 5) is 47.6. The number of nitrogens with zero attached hydrogens (tertiary/aromatic N) is 3. The molecule has 8 aliphatic rings. The van der Waals surface area contributed by atoms with Gasteiger partial charge in [0, 0.05) is 75.5 Å². The molecule has 49 heavy (non-hydrogen) atoms. The number of fused-ring (bicyclic) bond motifs is 7. The predicted molar refractivity (Wildman–Crippen MR) is 189 cm³/mol. The van der Waals surface area contributed by atoms with Crippen molar-refractivity contribution < 1.29 is 19.1 Å². The zero-order chi connectivity index (χ0) is 34.1. The van der Waals surface area contributed by atoms with Gasteiger partial charge in [-0.25, -0.2) is 0 Å². The lowest BCUT2D eigenvalue weighted by molar-refractivity contribution is -0.160. The van der Waals surface area contributed by atoms with Crippen LogP contribution in [0.4, 0.5) is 0 Å². The van der Waals surface area contributed by atoms with Gasteiger partial charge in [0.05, 0.1) is 6.10 Å². The maximum absolute atomic E-state index is 14.5. The highest BCUT2D eigenvalue weighted by atomic mass is 16.5. The molecule has 9 nitrogen and oxygen atoms in total. The number of Topliss-reactive ketones (excluding diaryl/α,β-unsaturated/α-hetero) is 1. The van der Waals surface area contributed by atoms with Crippen LogP contribution in [0.3, 0.4) is 0 Å². The summed E-state index contributed by atoms with van der Waals surface area (Å²) in [5.74, 6) is 3.68. The number of rotatable bonds is 6. The van der Waals surface area contributed by atoms with Gasteiger partial charge in [0.2, 0.25) is 11.8 Å². The quantitative estimate of drug-likeness (QED) is 0.405. The van der Waals surface area contributed by atoms with Gasteiger partial charge >= 0.3 is 0 Å². The summed E-state index contributed by atoms with van der Waals surface area (Å²) in [5, 5.41) is 7.11. The molecular weight excluding hydrogens is 614 g/mol. The van der Waals surface area contributed by atoms with Crippen molar-refractivity contribution in [3.05, 3.63) is 0 Å². The summed E-state index contributed by atoms with van der Waals surface area (Å²) in [6.07, 6.45) is 12.2. The van der Waals surface area contributed by atoms with Gasteiger partial charge < -0.3 is 19.9 Å². The maximum Gasteiger partial charge on any atom is 0.232 e. The lowest BCUT2D eigenvalue weighted by Crippen LogP contribution is -2.60. The molecule has 4 aliphatic carbocycles. The zero-order valence-corrected chi connectivity index (χ0v) is 31.0. The number of carbonyl (C=O) groups excluding carboxylic acids is 3. The second-order valence-corrected chi connectivity index (χ2v) is 18.7. The van der Waals surface area contributed by atoms with Crippen molar-refractivity contribution in [3.63, 3.8) is 0 Å². The Bertz CT molecular complexity index is 1270. The highest BCUT2D eigenvalue weighted by molar-refractivity contribution is 5.97. The highest BCUT2D eigenvalue weighted by Crippen LogP contribution is 2.70. The van der Waals surface area contributed by atoms with Crippen molar-refractivity contribution in [1.82, 2.24) is 25.3 Å². The van der Waals surface area contributed by atoms with E-state index in [0.29, 0.717) is 47.2 Å². The molecule has 274 valence electrons. The minimum Gasteiger partial charge on any atom is -0.357 e. The normalized spacial score (nSPS) is 47.1. The van der Waals surface area contributed by atoms with Gasteiger partial charge in [0.1, 0.15) is 17.9 Å². The minimum absolute atomic E-state index is 0.0269. The second-order valence-electron chi connectivity index (χ2n) is 18.7. The summed E-state index contributed by atoms with van der Waals surface area (Å²) in [5.41, 5.74) is -0.385. The summed E-state index contributed by atoms with van der Waals surface area (Å²) in [7, 11) is 0. The summed E-state index contributed by atoms with van der Waals surface area (Å²) < 4.78 is 7.01. The fourth-order valence-electron chi connectivity index (χ4n) is 13.3. The first-order valence-electron chi connectivity index (χ1n) is 20.5. The third kappa shape index (κ3) is 5.93. The average Bonchev–Trinajstić information content (AvgIpc) is 3.78. The first-order valence-corrected chi connectivity index (χ1v) is 20.5. The summed E-state index contributed by atoms with van der Waals surface area (Å²) in [6.45, 7) is 18.4. The maximum atomic E-state index is 14.5. The number of nitrogens with one attached hydrogen (secondary N) is 2. The highest BCUT2D eigenvalue weighted by Gasteiger charge is 2.71. The standard InChI is InChI=1S/C40H65N5O4/c1-26-9-12-40(41-25-26)27(2)37-33(49-40)22-32-30-8-7-28-21-29(10-11-38(28,3)31(30)23-34(46)39(32,37)4)42-35(47)24-36(48)45-19-17-44(18-20-45)16-15-43-13-5-6-14-43/h26-33,37,41H,5-25H2,1-4H3,(H,42,47)/t26-,27-,28+,29?,30+,31-,32-,33-,37-,38-,39+,40+/m0/s1. The Hall–Kier alpha value is -1.55. The Morgan fingerprint density at radius 3 is 2.35 bits per heavy atom. The van der Waals surface area contributed by atoms with Crippen molar-refractivity contribution in [2.75, 3.05) is 58.9 Å². The third-order valence-electron chi connectivity index (χ3n) is 16.3. The molecule has 4 aliphatic heterocycles. The van der Waals surface area contributed by atoms with Crippen LogP contribution in [0.25, 0.3) is 0 Å². The monoisotopic (exact) mass is 680 g/mol. The summed E-state index contributed by atoms with van der Waals surface area (Å²) in [6, 6.07) is 0.129.